The number of hydrogen-bond donors (Lipinski definition) is 0. The largest absolute Gasteiger partial charge is 0.0914 e. The van der Waals surface area contributed by atoms with Crippen LogP contribution in [0.4, 0.5) is 0 Å². The summed E-state index contributed by atoms with van der Waals surface area (Å²) in [6.07, 6.45) is 28.7. The van der Waals surface area contributed by atoms with E-state index in [0.717, 1.165) is 23.7 Å². The third-order valence-electron chi connectivity index (χ3n) is 7.01. The molecule has 0 aromatic rings. The Hall–Kier alpha value is -0.260. The highest BCUT2D eigenvalue weighted by atomic mass is 14.3. The maximum atomic E-state index is 2.44. The van der Waals surface area contributed by atoms with Crippen LogP contribution in [-0.4, -0.2) is 0 Å². The SMILES string of the molecule is C/C=C/C1CCC(CCCCC2CCC(CCCCC)CC2)CC1. The Morgan fingerprint density at radius 3 is 1.46 bits per heavy atom. The van der Waals surface area contributed by atoms with Gasteiger partial charge in [0.05, 0.1) is 0 Å². The van der Waals surface area contributed by atoms with Crippen LogP contribution in [0.15, 0.2) is 12.2 Å². The van der Waals surface area contributed by atoms with Crippen LogP contribution in [0.1, 0.15) is 117 Å². The number of hydrogen-bond acceptors (Lipinski definition) is 0. The highest BCUT2D eigenvalue weighted by Gasteiger charge is 2.21. The summed E-state index contributed by atoms with van der Waals surface area (Å²) in [4.78, 5) is 0. The molecule has 0 unspecified atom stereocenters. The van der Waals surface area contributed by atoms with Crippen molar-refractivity contribution in [3.63, 3.8) is 0 Å². The summed E-state index contributed by atoms with van der Waals surface area (Å²) in [7, 11) is 0. The summed E-state index contributed by atoms with van der Waals surface area (Å²) in [5.74, 6) is 4.12. The summed E-state index contributed by atoms with van der Waals surface area (Å²) in [5, 5.41) is 0. The molecule has 0 radical (unpaired) electrons. The van der Waals surface area contributed by atoms with Gasteiger partial charge in [0.1, 0.15) is 0 Å². The van der Waals surface area contributed by atoms with Crippen LogP contribution in [0.5, 0.6) is 0 Å². The minimum Gasteiger partial charge on any atom is -0.0914 e. The molecule has 0 heterocycles. The fourth-order valence-electron chi connectivity index (χ4n) is 5.30. The number of rotatable bonds is 10. The second-order valence-electron chi connectivity index (χ2n) is 8.97. The summed E-state index contributed by atoms with van der Waals surface area (Å²) in [6, 6.07) is 0. The maximum absolute atomic E-state index is 2.44. The Labute approximate surface area is 152 Å². The predicted molar refractivity (Wildman–Crippen MR) is 108 cm³/mol. The zero-order valence-electron chi connectivity index (χ0n) is 16.8. The molecule has 24 heavy (non-hydrogen) atoms. The van der Waals surface area contributed by atoms with E-state index in [9.17, 15) is 0 Å². The topological polar surface area (TPSA) is 0 Å². The molecule has 2 fully saturated rings. The lowest BCUT2D eigenvalue weighted by Gasteiger charge is -2.29. The van der Waals surface area contributed by atoms with E-state index in [1.165, 1.54) is 77.0 Å². The molecule has 0 N–H and O–H groups in total. The van der Waals surface area contributed by atoms with Crippen LogP contribution < -0.4 is 0 Å². The van der Waals surface area contributed by atoms with Gasteiger partial charge in [-0.15, -0.1) is 0 Å². The Balaban J connectivity index is 1.46. The molecule has 0 nitrogen and oxygen atoms in total. The highest BCUT2D eigenvalue weighted by molar-refractivity contribution is 4.88. The smallest absolute Gasteiger partial charge is 0.0233 e. The minimum atomic E-state index is 0.902. The van der Waals surface area contributed by atoms with Gasteiger partial charge in [-0.05, 0) is 56.3 Å². The Bertz CT molecular complexity index is 313. The average molecular weight is 333 g/mol. The van der Waals surface area contributed by atoms with Gasteiger partial charge in [0.2, 0.25) is 0 Å². The molecule has 2 rings (SSSR count). The van der Waals surface area contributed by atoms with Gasteiger partial charge in [-0.3, -0.25) is 0 Å². The van der Waals surface area contributed by atoms with Gasteiger partial charge >= 0.3 is 0 Å². The lowest BCUT2D eigenvalue weighted by molar-refractivity contribution is 0.239. The van der Waals surface area contributed by atoms with Crippen molar-refractivity contribution < 1.29 is 0 Å². The first-order valence-corrected chi connectivity index (χ1v) is 11.4. The van der Waals surface area contributed by atoms with E-state index in [4.69, 9.17) is 0 Å². The van der Waals surface area contributed by atoms with Gasteiger partial charge in [0, 0.05) is 0 Å². The molecule has 2 saturated carbocycles. The van der Waals surface area contributed by atoms with Crippen molar-refractivity contribution in [1.29, 1.82) is 0 Å². The van der Waals surface area contributed by atoms with E-state index >= 15 is 0 Å². The zero-order valence-corrected chi connectivity index (χ0v) is 16.8. The Morgan fingerprint density at radius 2 is 1.04 bits per heavy atom. The van der Waals surface area contributed by atoms with Crippen molar-refractivity contribution in [2.24, 2.45) is 23.7 Å². The molecule has 0 heteroatoms. The first-order valence-electron chi connectivity index (χ1n) is 11.4. The van der Waals surface area contributed by atoms with E-state index in [1.54, 1.807) is 25.7 Å². The van der Waals surface area contributed by atoms with Crippen molar-refractivity contribution in [2.45, 2.75) is 117 Å². The lowest BCUT2D eigenvalue weighted by Crippen LogP contribution is -2.15. The van der Waals surface area contributed by atoms with Crippen molar-refractivity contribution in [1.82, 2.24) is 0 Å². The van der Waals surface area contributed by atoms with Crippen molar-refractivity contribution in [3.8, 4) is 0 Å². The molecule has 0 saturated heterocycles. The molecule has 0 aliphatic heterocycles. The zero-order chi connectivity index (χ0) is 17.0. The fraction of sp³-hybridized carbons (Fsp3) is 0.917. The summed E-state index contributed by atoms with van der Waals surface area (Å²) < 4.78 is 0. The third-order valence-corrected chi connectivity index (χ3v) is 7.01. The predicted octanol–water partition coefficient (Wildman–Crippen LogP) is 8.32. The molecule has 0 atom stereocenters. The molecule has 0 bridgehead atoms. The monoisotopic (exact) mass is 332 g/mol. The van der Waals surface area contributed by atoms with Crippen molar-refractivity contribution in [2.75, 3.05) is 0 Å². The molecule has 0 aromatic carbocycles. The molecule has 2 aliphatic carbocycles. The third kappa shape index (κ3) is 7.75. The van der Waals surface area contributed by atoms with Crippen molar-refractivity contribution in [3.05, 3.63) is 12.2 Å². The van der Waals surface area contributed by atoms with Gasteiger partial charge < -0.3 is 0 Å². The highest BCUT2D eigenvalue weighted by Crippen LogP contribution is 2.36. The van der Waals surface area contributed by atoms with E-state index < -0.39 is 0 Å². The number of allylic oxidation sites excluding steroid dienone is 2. The molecular formula is C24H44. The molecule has 140 valence electrons. The van der Waals surface area contributed by atoms with E-state index in [0.29, 0.717) is 0 Å². The normalized spacial score (nSPS) is 31.6. The summed E-state index contributed by atoms with van der Waals surface area (Å²) in [5.41, 5.74) is 0. The molecule has 0 spiro atoms. The first-order chi connectivity index (χ1) is 11.8. The van der Waals surface area contributed by atoms with Gasteiger partial charge in [-0.1, -0.05) is 96.1 Å². The van der Waals surface area contributed by atoms with Crippen LogP contribution in [0.2, 0.25) is 0 Å². The average Bonchev–Trinajstić information content (AvgIpc) is 2.62. The van der Waals surface area contributed by atoms with E-state index in [2.05, 4.69) is 26.0 Å². The summed E-state index contributed by atoms with van der Waals surface area (Å²) >= 11 is 0. The maximum Gasteiger partial charge on any atom is -0.0233 e. The second-order valence-corrected chi connectivity index (χ2v) is 8.97. The molecular weight excluding hydrogens is 288 g/mol. The lowest BCUT2D eigenvalue weighted by atomic mass is 9.77. The fourth-order valence-corrected chi connectivity index (χ4v) is 5.30. The quantitative estimate of drug-likeness (QED) is 0.278. The van der Waals surface area contributed by atoms with E-state index in [1.807, 2.05) is 0 Å². The Kier molecular flexibility index (Phi) is 10.2. The second kappa shape index (κ2) is 12.2. The number of unbranched alkanes of at least 4 members (excludes halogenated alkanes) is 3. The van der Waals surface area contributed by atoms with Crippen LogP contribution >= 0.6 is 0 Å². The summed E-state index contributed by atoms with van der Waals surface area (Å²) in [6.45, 7) is 4.50. The van der Waals surface area contributed by atoms with Gasteiger partial charge in [-0.25, -0.2) is 0 Å². The van der Waals surface area contributed by atoms with Crippen LogP contribution in [0.25, 0.3) is 0 Å². The Morgan fingerprint density at radius 1 is 0.625 bits per heavy atom. The van der Waals surface area contributed by atoms with Gasteiger partial charge in [0.25, 0.3) is 0 Å². The first kappa shape index (κ1) is 20.1. The van der Waals surface area contributed by atoms with Crippen LogP contribution in [-0.2, 0) is 0 Å². The van der Waals surface area contributed by atoms with Crippen molar-refractivity contribution >= 4 is 0 Å². The minimum absolute atomic E-state index is 0.902. The van der Waals surface area contributed by atoms with Crippen LogP contribution in [0, 0.1) is 23.7 Å². The molecule has 0 aromatic heterocycles. The van der Waals surface area contributed by atoms with Gasteiger partial charge in [-0.2, -0.15) is 0 Å². The standard InChI is InChI=1S/C24H44/c1-3-5-6-10-22-17-19-24(20-18-22)12-8-7-11-23-15-13-21(9-4-2)14-16-23/h4,9,21-24H,3,5-8,10-20H2,1-2H3/b9-4+. The van der Waals surface area contributed by atoms with E-state index in [-0.39, 0.29) is 0 Å². The molecule has 2 aliphatic rings. The van der Waals surface area contributed by atoms with Crippen LogP contribution in [0.3, 0.4) is 0 Å². The van der Waals surface area contributed by atoms with Gasteiger partial charge in [0.15, 0.2) is 0 Å². The molecule has 0 amide bonds.